The molecule has 0 aliphatic heterocycles. The van der Waals surface area contributed by atoms with E-state index >= 15 is 0 Å². The number of alkyl halides is 2. The predicted molar refractivity (Wildman–Crippen MR) is 106 cm³/mol. The summed E-state index contributed by atoms with van der Waals surface area (Å²) in [5.41, 5.74) is 0.723. The Morgan fingerprint density at radius 2 is 1.60 bits per heavy atom. The van der Waals surface area contributed by atoms with Crippen molar-refractivity contribution in [3.8, 4) is 5.75 Å². The average Bonchev–Trinajstić information content (AvgIpc) is 2.70. The minimum Gasteiger partial charge on any atom is -0.456 e. The highest BCUT2D eigenvalue weighted by Gasteiger charge is 2.26. The predicted octanol–water partition coefficient (Wildman–Crippen LogP) is 3.86. The van der Waals surface area contributed by atoms with Gasteiger partial charge in [-0.25, -0.2) is 9.59 Å². The number of ketones is 1. The molecule has 0 aliphatic rings. The van der Waals surface area contributed by atoms with E-state index in [2.05, 4.69) is 15.4 Å². The maximum Gasteiger partial charge on any atom is 0.387 e. The van der Waals surface area contributed by atoms with Crippen molar-refractivity contribution >= 4 is 23.5 Å². The van der Waals surface area contributed by atoms with Gasteiger partial charge in [-0.15, -0.1) is 0 Å². The molecule has 1 atom stereocenters. The summed E-state index contributed by atoms with van der Waals surface area (Å²) in [7, 11) is 0. The first-order chi connectivity index (χ1) is 14.3. The highest BCUT2D eigenvalue weighted by molar-refractivity contribution is 5.98. The number of ether oxygens (including phenoxy) is 2. The summed E-state index contributed by atoms with van der Waals surface area (Å²) < 4.78 is 33.6. The monoisotopic (exact) mass is 420 g/mol. The van der Waals surface area contributed by atoms with Crippen LogP contribution in [-0.2, 0) is 9.53 Å². The van der Waals surface area contributed by atoms with E-state index in [9.17, 15) is 23.2 Å². The number of urea groups is 1. The second-order valence-electron chi connectivity index (χ2n) is 6.62. The van der Waals surface area contributed by atoms with Crippen molar-refractivity contribution in [1.29, 1.82) is 0 Å². The number of para-hydroxylation sites is 1. The summed E-state index contributed by atoms with van der Waals surface area (Å²) in [6, 6.07) is 12.1. The molecule has 0 radical (unpaired) electrons. The Morgan fingerprint density at radius 3 is 2.17 bits per heavy atom. The molecule has 160 valence electrons. The third-order valence-corrected chi connectivity index (χ3v) is 3.99. The Bertz CT molecular complexity index is 857. The smallest absolute Gasteiger partial charge is 0.387 e. The van der Waals surface area contributed by atoms with Gasteiger partial charge < -0.3 is 20.1 Å². The lowest BCUT2D eigenvalue weighted by molar-refractivity contribution is -0.145. The van der Waals surface area contributed by atoms with Crippen molar-refractivity contribution in [2.24, 2.45) is 5.92 Å². The van der Waals surface area contributed by atoms with Crippen molar-refractivity contribution in [2.75, 3.05) is 11.9 Å². The van der Waals surface area contributed by atoms with Crippen molar-refractivity contribution in [3.05, 3.63) is 60.2 Å². The maximum atomic E-state index is 12.4. The van der Waals surface area contributed by atoms with Crippen LogP contribution in [0, 0.1) is 5.92 Å². The molecule has 0 heterocycles. The molecule has 0 aromatic heterocycles. The summed E-state index contributed by atoms with van der Waals surface area (Å²) in [5, 5.41) is 5.13. The van der Waals surface area contributed by atoms with Gasteiger partial charge in [0, 0.05) is 11.3 Å². The molecule has 30 heavy (non-hydrogen) atoms. The first-order valence-electron chi connectivity index (χ1n) is 9.13. The normalized spacial score (nSPS) is 11.7. The minimum absolute atomic E-state index is 0.0907. The molecule has 9 heteroatoms. The highest BCUT2D eigenvalue weighted by Crippen LogP contribution is 2.15. The van der Waals surface area contributed by atoms with E-state index in [1.807, 2.05) is 0 Å². The standard InChI is InChI=1S/C21H22F2N2O5/c1-13(2)18(25-21(28)24-15-6-4-3-5-7-15)19(27)29-12-17(26)14-8-10-16(11-9-14)30-20(22)23/h3-11,13,18,20H,12H2,1-2H3,(H2,24,25,28)/t18-/m1/s1. The number of hydrogen-bond donors (Lipinski definition) is 2. The van der Waals surface area contributed by atoms with Crippen LogP contribution < -0.4 is 15.4 Å². The zero-order valence-electron chi connectivity index (χ0n) is 16.4. The second kappa shape index (κ2) is 10.9. The van der Waals surface area contributed by atoms with Gasteiger partial charge in [0.05, 0.1) is 0 Å². The van der Waals surface area contributed by atoms with Crippen molar-refractivity contribution in [3.63, 3.8) is 0 Å². The second-order valence-corrected chi connectivity index (χ2v) is 6.62. The van der Waals surface area contributed by atoms with Crippen LogP contribution in [0.3, 0.4) is 0 Å². The number of Topliss-reactive ketones (excluding diaryl/α,β-unsaturated/α-hetero) is 1. The van der Waals surface area contributed by atoms with Crippen LogP contribution in [0.25, 0.3) is 0 Å². The summed E-state index contributed by atoms with van der Waals surface area (Å²) >= 11 is 0. The minimum atomic E-state index is -2.97. The summed E-state index contributed by atoms with van der Waals surface area (Å²) in [6.07, 6.45) is 0. The number of nitrogens with one attached hydrogen (secondary N) is 2. The fourth-order valence-electron chi connectivity index (χ4n) is 2.46. The molecule has 7 nitrogen and oxygen atoms in total. The van der Waals surface area contributed by atoms with Crippen molar-refractivity contribution < 1.29 is 32.6 Å². The molecule has 2 rings (SSSR count). The molecule has 2 aromatic carbocycles. The summed E-state index contributed by atoms with van der Waals surface area (Å²) in [4.78, 5) is 36.7. The fourth-order valence-corrected chi connectivity index (χ4v) is 2.46. The first kappa shape index (κ1) is 22.8. The van der Waals surface area contributed by atoms with E-state index in [1.165, 1.54) is 24.3 Å². The van der Waals surface area contributed by atoms with E-state index in [0.717, 1.165) is 0 Å². The Labute approximate surface area is 172 Å². The van der Waals surface area contributed by atoms with E-state index in [0.29, 0.717) is 5.69 Å². The largest absolute Gasteiger partial charge is 0.456 e. The van der Waals surface area contributed by atoms with Crippen LogP contribution >= 0.6 is 0 Å². The average molecular weight is 420 g/mol. The van der Waals surface area contributed by atoms with Crippen LogP contribution in [0.15, 0.2) is 54.6 Å². The quantitative estimate of drug-likeness (QED) is 0.475. The van der Waals surface area contributed by atoms with Gasteiger partial charge in [-0.1, -0.05) is 32.0 Å². The van der Waals surface area contributed by atoms with Crippen molar-refractivity contribution in [2.45, 2.75) is 26.5 Å². The number of hydrogen-bond acceptors (Lipinski definition) is 5. The lowest BCUT2D eigenvalue weighted by atomic mass is 10.0. The maximum absolute atomic E-state index is 12.4. The number of carbonyl (C=O) groups excluding carboxylic acids is 3. The Hall–Kier alpha value is -3.49. The lowest BCUT2D eigenvalue weighted by Gasteiger charge is -2.21. The van der Waals surface area contributed by atoms with Crippen LogP contribution in [0.5, 0.6) is 5.75 Å². The van der Waals surface area contributed by atoms with Gasteiger partial charge in [0.1, 0.15) is 11.8 Å². The van der Waals surface area contributed by atoms with E-state index in [4.69, 9.17) is 4.74 Å². The van der Waals surface area contributed by atoms with E-state index in [1.54, 1.807) is 44.2 Å². The molecular formula is C21H22F2N2O5. The molecule has 2 amide bonds. The SMILES string of the molecule is CC(C)[C@@H](NC(=O)Nc1ccccc1)C(=O)OCC(=O)c1ccc(OC(F)F)cc1. The number of benzene rings is 2. The molecular weight excluding hydrogens is 398 g/mol. The van der Waals surface area contributed by atoms with Gasteiger partial charge >= 0.3 is 18.6 Å². The molecule has 0 spiro atoms. The zero-order valence-corrected chi connectivity index (χ0v) is 16.4. The summed E-state index contributed by atoms with van der Waals surface area (Å²) in [6.45, 7) is -0.0811. The van der Waals surface area contributed by atoms with Gasteiger partial charge in [-0.05, 0) is 42.3 Å². The van der Waals surface area contributed by atoms with E-state index in [-0.39, 0.29) is 17.2 Å². The van der Waals surface area contributed by atoms with E-state index < -0.39 is 37.0 Å². The Morgan fingerprint density at radius 1 is 0.967 bits per heavy atom. The molecule has 0 aliphatic carbocycles. The summed E-state index contributed by atoms with van der Waals surface area (Å²) in [5.74, 6) is -1.67. The molecule has 2 aromatic rings. The van der Waals surface area contributed by atoms with Crippen LogP contribution in [-0.4, -0.2) is 37.0 Å². The first-order valence-corrected chi connectivity index (χ1v) is 9.13. The Balaban J connectivity index is 1.89. The fraction of sp³-hybridized carbons (Fsp3) is 0.286. The molecule has 0 bridgehead atoms. The number of halogens is 2. The topological polar surface area (TPSA) is 93.7 Å². The number of esters is 1. The van der Waals surface area contributed by atoms with Gasteiger partial charge in [0.25, 0.3) is 0 Å². The number of carbonyl (C=O) groups is 3. The molecule has 0 fully saturated rings. The highest BCUT2D eigenvalue weighted by atomic mass is 19.3. The third-order valence-electron chi connectivity index (χ3n) is 3.99. The van der Waals surface area contributed by atoms with Crippen molar-refractivity contribution in [1.82, 2.24) is 5.32 Å². The Kier molecular flexibility index (Phi) is 8.28. The van der Waals surface area contributed by atoms with Crippen LogP contribution in [0.2, 0.25) is 0 Å². The van der Waals surface area contributed by atoms with Crippen LogP contribution in [0.1, 0.15) is 24.2 Å². The molecule has 0 saturated heterocycles. The third kappa shape index (κ3) is 7.16. The van der Waals surface area contributed by atoms with Gasteiger partial charge in [-0.3, -0.25) is 4.79 Å². The van der Waals surface area contributed by atoms with Gasteiger partial charge in [0.15, 0.2) is 12.4 Å². The number of rotatable bonds is 9. The van der Waals surface area contributed by atoms with Gasteiger partial charge in [0.2, 0.25) is 0 Å². The zero-order chi connectivity index (χ0) is 22.1. The molecule has 2 N–H and O–H groups in total. The molecule has 0 unspecified atom stereocenters. The van der Waals surface area contributed by atoms with Gasteiger partial charge in [-0.2, -0.15) is 8.78 Å². The lowest BCUT2D eigenvalue weighted by Crippen LogP contribution is -2.47. The number of anilines is 1. The molecule has 0 saturated carbocycles. The number of amides is 2. The van der Waals surface area contributed by atoms with Crippen LogP contribution in [0.4, 0.5) is 19.3 Å².